The number of aromatic nitrogens is 2. The summed E-state index contributed by atoms with van der Waals surface area (Å²) in [7, 11) is 0. The number of nitrogens with zero attached hydrogens (tertiary/aromatic N) is 2. The van der Waals surface area contributed by atoms with Gasteiger partial charge in [-0.2, -0.15) is 0 Å². The monoisotopic (exact) mass is 366 g/mol. The Bertz CT molecular complexity index is 873. The van der Waals surface area contributed by atoms with E-state index in [2.05, 4.69) is 10.3 Å². The van der Waals surface area contributed by atoms with Crippen molar-refractivity contribution in [2.24, 2.45) is 0 Å². The predicted molar refractivity (Wildman–Crippen MR) is 107 cm³/mol. The lowest BCUT2D eigenvalue weighted by atomic mass is 9.97. The SMILES string of the molecule is CSc1ccc(NC(=O)N2CCC[C@@H](c3nc4ccccc4[nH]3)C2)cc1. The van der Waals surface area contributed by atoms with E-state index in [9.17, 15) is 4.79 Å². The maximum absolute atomic E-state index is 12.6. The van der Waals surface area contributed by atoms with Crippen LogP contribution in [-0.2, 0) is 0 Å². The van der Waals surface area contributed by atoms with Crippen LogP contribution in [0.5, 0.6) is 0 Å². The second-order valence-corrected chi connectivity index (χ2v) is 7.46. The number of thioether (sulfide) groups is 1. The van der Waals surface area contributed by atoms with Crippen LogP contribution in [0.4, 0.5) is 10.5 Å². The molecule has 2 heterocycles. The van der Waals surface area contributed by atoms with Crippen LogP contribution in [0.3, 0.4) is 0 Å². The van der Waals surface area contributed by atoms with Gasteiger partial charge in [-0.05, 0) is 55.5 Å². The van der Waals surface area contributed by atoms with Gasteiger partial charge in [0.05, 0.1) is 11.0 Å². The van der Waals surface area contributed by atoms with Gasteiger partial charge in [0.25, 0.3) is 0 Å². The van der Waals surface area contributed by atoms with Crippen molar-refractivity contribution in [1.82, 2.24) is 14.9 Å². The number of imidazole rings is 1. The largest absolute Gasteiger partial charge is 0.342 e. The molecule has 2 amide bonds. The highest BCUT2D eigenvalue weighted by Gasteiger charge is 2.26. The van der Waals surface area contributed by atoms with Gasteiger partial charge in [-0.15, -0.1) is 11.8 Å². The Hall–Kier alpha value is -2.47. The van der Waals surface area contributed by atoms with Crippen molar-refractivity contribution in [2.75, 3.05) is 24.7 Å². The maximum Gasteiger partial charge on any atom is 0.321 e. The minimum atomic E-state index is -0.0392. The van der Waals surface area contributed by atoms with E-state index in [0.717, 1.165) is 41.9 Å². The maximum atomic E-state index is 12.6. The smallest absolute Gasteiger partial charge is 0.321 e. The number of hydrogen-bond acceptors (Lipinski definition) is 3. The first-order valence-corrected chi connectivity index (χ1v) is 10.1. The molecule has 1 saturated heterocycles. The van der Waals surface area contributed by atoms with Gasteiger partial charge in [0, 0.05) is 29.6 Å². The van der Waals surface area contributed by atoms with Crippen LogP contribution in [0.15, 0.2) is 53.4 Å². The second-order valence-electron chi connectivity index (χ2n) is 6.58. The number of carbonyl (C=O) groups excluding carboxylic acids is 1. The van der Waals surface area contributed by atoms with E-state index in [1.54, 1.807) is 11.8 Å². The number of rotatable bonds is 3. The highest BCUT2D eigenvalue weighted by molar-refractivity contribution is 7.98. The predicted octanol–water partition coefficient (Wildman–Crippen LogP) is 4.70. The summed E-state index contributed by atoms with van der Waals surface area (Å²) >= 11 is 1.69. The molecular weight excluding hydrogens is 344 g/mol. The van der Waals surface area contributed by atoms with Crippen LogP contribution in [0.1, 0.15) is 24.6 Å². The molecule has 6 heteroatoms. The molecule has 0 spiro atoms. The first kappa shape index (κ1) is 17.0. The highest BCUT2D eigenvalue weighted by atomic mass is 32.2. The van der Waals surface area contributed by atoms with Gasteiger partial charge < -0.3 is 15.2 Å². The van der Waals surface area contributed by atoms with E-state index in [-0.39, 0.29) is 11.9 Å². The lowest BCUT2D eigenvalue weighted by Crippen LogP contribution is -2.41. The number of amides is 2. The molecule has 26 heavy (non-hydrogen) atoms. The minimum absolute atomic E-state index is 0.0392. The van der Waals surface area contributed by atoms with Crippen molar-refractivity contribution in [3.05, 3.63) is 54.4 Å². The molecular formula is C20H22N4OS. The number of likely N-dealkylation sites (tertiary alicyclic amines) is 1. The van der Waals surface area contributed by atoms with Crippen molar-refractivity contribution in [2.45, 2.75) is 23.7 Å². The number of piperidine rings is 1. The molecule has 0 aliphatic carbocycles. The first-order valence-electron chi connectivity index (χ1n) is 8.87. The summed E-state index contributed by atoms with van der Waals surface area (Å²) in [5.41, 5.74) is 2.87. The number of hydrogen-bond donors (Lipinski definition) is 2. The summed E-state index contributed by atoms with van der Waals surface area (Å²) in [6, 6.07) is 16.0. The van der Waals surface area contributed by atoms with Crippen molar-refractivity contribution >= 4 is 34.5 Å². The number of aromatic amines is 1. The van der Waals surface area contributed by atoms with E-state index in [0.29, 0.717) is 6.54 Å². The second kappa shape index (κ2) is 7.41. The summed E-state index contributed by atoms with van der Waals surface area (Å²) in [4.78, 5) is 23.9. The van der Waals surface area contributed by atoms with Crippen LogP contribution >= 0.6 is 11.8 Å². The molecule has 3 aromatic rings. The number of benzene rings is 2. The third kappa shape index (κ3) is 3.55. The standard InChI is InChI=1S/C20H22N4OS/c1-26-16-10-8-15(9-11-16)21-20(25)24-12-4-5-14(13-24)19-22-17-6-2-3-7-18(17)23-19/h2-3,6-11,14H,4-5,12-13H2,1H3,(H,21,25)(H,22,23)/t14-/m1/s1. The van der Waals surface area contributed by atoms with Crippen molar-refractivity contribution in [3.8, 4) is 0 Å². The molecule has 0 unspecified atom stereocenters. The number of urea groups is 1. The number of fused-ring (bicyclic) bond motifs is 1. The molecule has 5 nitrogen and oxygen atoms in total. The normalized spacial score (nSPS) is 17.4. The number of nitrogens with one attached hydrogen (secondary N) is 2. The molecule has 0 bridgehead atoms. The zero-order valence-corrected chi connectivity index (χ0v) is 15.6. The first-order chi connectivity index (χ1) is 12.7. The van der Waals surface area contributed by atoms with Gasteiger partial charge in [-0.1, -0.05) is 12.1 Å². The Labute approximate surface area is 157 Å². The molecule has 1 aromatic heterocycles. The van der Waals surface area contributed by atoms with Crippen LogP contribution in [0, 0.1) is 0 Å². The topological polar surface area (TPSA) is 61.0 Å². The van der Waals surface area contributed by atoms with Gasteiger partial charge in [0.2, 0.25) is 0 Å². The highest BCUT2D eigenvalue weighted by Crippen LogP contribution is 2.27. The molecule has 2 N–H and O–H groups in total. The van der Waals surface area contributed by atoms with E-state index >= 15 is 0 Å². The fourth-order valence-electron chi connectivity index (χ4n) is 3.43. The van der Waals surface area contributed by atoms with Crippen LogP contribution in [-0.4, -0.2) is 40.2 Å². The van der Waals surface area contributed by atoms with Crippen LogP contribution in [0.25, 0.3) is 11.0 Å². The zero-order chi connectivity index (χ0) is 17.9. The molecule has 134 valence electrons. The van der Waals surface area contributed by atoms with Gasteiger partial charge in [-0.25, -0.2) is 9.78 Å². The molecule has 0 saturated carbocycles. The quantitative estimate of drug-likeness (QED) is 0.661. The number of H-pyrrole nitrogens is 1. The average molecular weight is 366 g/mol. The molecule has 1 aliphatic heterocycles. The van der Waals surface area contributed by atoms with Gasteiger partial charge in [0.15, 0.2) is 0 Å². The van der Waals surface area contributed by atoms with Crippen LogP contribution < -0.4 is 5.32 Å². The lowest BCUT2D eigenvalue weighted by molar-refractivity contribution is 0.191. The summed E-state index contributed by atoms with van der Waals surface area (Å²) in [6.07, 6.45) is 4.08. The lowest BCUT2D eigenvalue weighted by Gasteiger charge is -2.31. The Kier molecular flexibility index (Phi) is 4.84. The zero-order valence-electron chi connectivity index (χ0n) is 14.7. The Morgan fingerprint density at radius 1 is 1.23 bits per heavy atom. The summed E-state index contributed by atoms with van der Waals surface area (Å²) in [6.45, 7) is 1.47. The number of carbonyl (C=O) groups is 1. The van der Waals surface area contributed by atoms with Crippen molar-refractivity contribution < 1.29 is 4.79 Å². The summed E-state index contributed by atoms with van der Waals surface area (Å²) < 4.78 is 0. The van der Waals surface area contributed by atoms with Gasteiger partial charge in [-0.3, -0.25) is 0 Å². The molecule has 2 aromatic carbocycles. The van der Waals surface area contributed by atoms with Crippen molar-refractivity contribution in [3.63, 3.8) is 0 Å². The number of anilines is 1. The molecule has 4 rings (SSSR count). The van der Waals surface area contributed by atoms with Gasteiger partial charge in [0.1, 0.15) is 5.82 Å². The molecule has 1 atom stereocenters. The molecule has 0 radical (unpaired) electrons. The number of para-hydroxylation sites is 2. The average Bonchev–Trinajstić information content (AvgIpc) is 3.13. The van der Waals surface area contributed by atoms with E-state index in [1.807, 2.05) is 59.7 Å². The Morgan fingerprint density at radius 2 is 2.04 bits per heavy atom. The Balaban J connectivity index is 1.44. The third-order valence-corrected chi connectivity index (χ3v) is 5.59. The van der Waals surface area contributed by atoms with Crippen LogP contribution in [0.2, 0.25) is 0 Å². The van der Waals surface area contributed by atoms with Crippen molar-refractivity contribution in [1.29, 1.82) is 0 Å². The van der Waals surface area contributed by atoms with E-state index in [4.69, 9.17) is 4.98 Å². The molecule has 1 aliphatic rings. The van der Waals surface area contributed by atoms with Gasteiger partial charge >= 0.3 is 6.03 Å². The fraction of sp³-hybridized carbons (Fsp3) is 0.300. The summed E-state index contributed by atoms with van der Waals surface area (Å²) in [5.74, 6) is 1.23. The minimum Gasteiger partial charge on any atom is -0.342 e. The fourth-order valence-corrected chi connectivity index (χ4v) is 3.84. The summed E-state index contributed by atoms with van der Waals surface area (Å²) in [5, 5.41) is 3.01. The third-order valence-electron chi connectivity index (χ3n) is 4.84. The van der Waals surface area contributed by atoms with E-state index < -0.39 is 0 Å². The Morgan fingerprint density at radius 3 is 2.81 bits per heavy atom. The van der Waals surface area contributed by atoms with E-state index in [1.165, 1.54) is 4.90 Å². The molecule has 1 fully saturated rings.